The second-order valence-corrected chi connectivity index (χ2v) is 7.30. The van der Waals surface area contributed by atoms with Crippen LogP contribution in [-0.4, -0.2) is 88.0 Å². The Balaban J connectivity index is 1.76. The number of aromatic nitrogens is 3. The van der Waals surface area contributed by atoms with Gasteiger partial charge in [0.2, 0.25) is 16.2 Å². The van der Waals surface area contributed by atoms with Crippen molar-refractivity contribution in [2.24, 2.45) is 0 Å². The molecule has 0 unspecified atom stereocenters. The fourth-order valence-electron chi connectivity index (χ4n) is 2.35. The number of amides is 1. The number of nitrogens with zero attached hydrogens (tertiary/aromatic N) is 5. The van der Waals surface area contributed by atoms with Gasteiger partial charge < -0.3 is 15.5 Å². The van der Waals surface area contributed by atoms with Gasteiger partial charge in [-0.25, -0.2) is 4.68 Å². The van der Waals surface area contributed by atoms with E-state index < -0.39 is 0 Å². The maximum atomic E-state index is 12.0. The molecule has 136 valence electrons. The fourth-order valence-corrected chi connectivity index (χ4v) is 4.02. The van der Waals surface area contributed by atoms with Gasteiger partial charge in [-0.1, -0.05) is 23.5 Å². The Morgan fingerprint density at radius 1 is 1.21 bits per heavy atom. The minimum Gasteiger partial charge on any atom is -0.379 e. The van der Waals surface area contributed by atoms with Crippen LogP contribution >= 0.6 is 23.5 Å². The molecule has 1 aromatic heterocycles. The zero-order chi connectivity index (χ0) is 17.4. The summed E-state index contributed by atoms with van der Waals surface area (Å²) in [5, 5.41) is 9.47. The van der Waals surface area contributed by atoms with E-state index >= 15 is 0 Å². The number of rotatable bonds is 9. The molecule has 8 nitrogen and oxygen atoms in total. The lowest BCUT2D eigenvalue weighted by atomic mass is 10.4. The molecule has 0 aliphatic carbocycles. The lowest BCUT2D eigenvalue weighted by molar-refractivity contribution is -0.127. The molecule has 1 aromatic rings. The van der Waals surface area contributed by atoms with Crippen molar-refractivity contribution in [2.45, 2.75) is 24.2 Å². The first-order chi connectivity index (χ1) is 11.7. The third-order valence-electron chi connectivity index (χ3n) is 3.82. The summed E-state index contributed by atoms with van der Waals surface area (Å²) in [6, 6.07) is 0. The number of morpholine rings is 1. The molecule has 0 spiro atoms. The number of nitrogens with two attached hydrogens (primary N) is 1. The van der Waals surface area contributed by atoms with Crippen molar-refractivity contribution < 1.29 is 9.53 Å². The van der Waals surface area contributed by atoms with Gasteiger partial charge >= 0.3 is 0 Å². The highest BCUT2D eigenvalue weighted by Gasteiger charge is 2.16. The molecule has 1 aliphatic rings. The SMILES string of the molecule is CCN(CC)C(=O)CSc1nnc(SCCN2CCOCC2)n1N. The summed E-state index contributed by atoms with van der Waals surface area (Å²) in [7, 11) is 0. The standard InChI is InChI=1S/C14H26N6O2S2/c1-3-19(4-2)12(21)11-24-14-17-16-13(20(14)15)23-10-7-18-5-8-22-9-6-18/h3-11,15H2,1-2H3. The van der Waals surface area contributed by atoms with Crippen LogP contribution in [0.3, 0.4) is 0 Å². The van der Waals surface area contributed by atoms with E-state index in [9.17, 15) is 4.79 Å². The summed E-state index contributed by atoms with van der Waals surface area (Å²) in [5.41, 5.74) is 0. The van der Waals surface area contributed by atoms with Crippen molar-refractivity contribution in [3.05, 3.63) is 0 Å². The maximum absolute atomic E-state index is 12.0. The fraction of sp³-hybridized carbons (Fsp3) is 0.786. The predicted octanol–water partition coefficient (Wildman–Crippen LogP) is 0.377. The van der Waals surface area contributed by atoms with E-state index in [0.29, 0.717) is 29.2 Å². The average molecular weight is 375 g/mol. The zero-order valence-corrected chi connectivity index (χ0v) is 15.9. The number of thioether (sulfide) groups is 2. The van der Waals surface area contributed by atoms with Crippen LogP contribution in [0.4, 0.5) is 0 Å². The van der Waals surface area contributed by atoms with Gasteiger partial charge in [0.25, 0.3) is 0 Å². The summed E-state index contributed by atoms with van der Waals surface area (Å²) in [5.74, 6) is 7.36. The molecule has 0 aromatic carbocycles. The summed E-state index contributed by atoms with van der Waals surface area (Å²) in [6.07, 6.45) is 0. The van der Waals surface area contributed by atoms with Crippen LogP contribution in [0.15, 0.2) is 10.3 Å². The molecule has 0 bridgehead atoms. The van der Waals surface area contributed by atoms with Crippen LogP contribution in [0.25, 0.3) is 0 Å². The van der Waals surface area contributed by atoms with Gasteiger partial charge in [-0.2, -0.15) is 0 Å². The van der Waals surface area contributed by atoms with Crippen molar-refractivity contribution in [3.8, 4) is 0 Å². The highest BCUT2D eigenvalue weighted by atomic mass is 32.2. The second kappa shape index (κ2) is 10.1. The van der Waals surface area contributed by atoms with E-state index in [1.165, 1.54) is 16.4 Å². The van der Waals surface area contributed by atoms with Crippen molar-refractivity contribution in [1.82, 2.24) is 24.7 Å². The Morgan fingerprint density at radius 2 is 1.83 bits per heavy atom. The Morgan fingerprint density at radius 3 is 2.46 bits per heavy atom. The van der Waals surface area contributed by atoms with E-state index in [1.54, 1.807) is 16.7 Å². The molecule has 2 N–H and O–H groups in total. The molecule has 1 amide bonds. The summed E-state index contributed by atoms with van der Waals surface area (Å²) < 4.78 is 6.81. The molecule has 2 heterocycles. The summed E-state index contributed by atoms with van der Waals surface area (Å²) in [4.78, 5) is 16.2. The first-order valence-corrected chi connectivity index (χ1v) is 10.2. The quantitative estimate of drug-likeness (QED) is 0.490. The molecule has 1 aliphatic heterocycles. The van der Waals surface area contributed by atoms with E-state index in [1.807, 2.05) is 13.8 Å². The van der Waals surface area contributed by atoms with Crippen molar-refractivity contribution >= 4 is 29.4 Å². The van der Waals surface area contributed by atoms with Gasteiger partial charge in [-0.05, 0) is 13.8 Å². The maximum Gasteiger partial charge on any atom is 0.233 e. The first-order valence-electron chi connectivity index (χ1n) is 8.19. The Hall–Kier alpha value is -0.970. The molecule has 1 fully saturated rings. The van der Waals surface area contributed by atoms with Crippen LogP contribution in [-0.2, 0) is 9.53 Å². The van der Waals surface area contributed by atoms with Crippen LogP contribution in [0, 0.1) is 0 Å². The Kier molecular flexibility index (Phi) is 8.16. The third kappa shape index (κ3) is 5.54. The molecule has 0 atom stereocenters. The third-order valence-corrected chi connectivity index (χ3v) is 5.67. The number of hydrogen-bond donors (Lipinski definition) is 1. The molecule has 10 heteroatoms. The van der Waals surface area contributed by atoms with Gasteiger partial charge in [-0.3, -0.25) is 9.69 Å². The van der Waals surface area contributed by atoms with E-state index in [2.05, 4.69) is 15.1 Å². The molecular formula is C14H26N6O2S2. The number of carbonyl (C=O) groups excluding carboxylic acids is 1. The minimum absolute atomic E-state index is 0.0921. The van der Waals surface area contributed by atoms with Gasteiger partial charge in [0.05, 0.1) is 19.0 Å². The second-order valence-electron chi connectivity index (χ2n) is 5.29. The van der Waals surface area contributed by atoms with Crippen molar-refractivity contribution in [2.75, 3.05) is 63.3 Å². The van der Waals surface area contributed by atoms with Crippen LogP contribution in [0.5, 0.6) is 0 Å². The van der Waals surface area contributed by atoms with Crippen LogP contribution < -0.4 is 5.84 Å². The van der Waals surface area contributed by atoms with Gasteiger partial charge in [0, 0.05) is 38.5 Å². The van der Waals surface area contributed by atoms with Crippen molar-refractivity contribution in [3.63, 3.8) is 0 Å². The lowest BCUT2D eigenvalue weighted by Gasteiger charge is -2.26. The van der Waals surface area contributed by atoms with Gasteiger partial charge in [0.15, 0.2) is 0 Å². The summed E-state index contributed by atoms with van der Waals surface area (Å²) in [6.45, 7) is 9.92. The smallest absolute Gasteiger partial charge is 0.233 e. The number of hydrogen-bond acceptors (Lipinski definition) is 8. The highest BCUT2D eigenvalue weighted by molar-refractivity contribution is 8.00. The highest BCUT2D eigenvalue weighted by Crippen LogP contribution is 2.21. The number of nitrogen functional groups attached to an aromatic ring is 1. The first kappa shape index (κ1) is 19.4. The Labute approximate surface area is 151 Å². The van der Waals surface area contributed by atoms with Crippen LogP contribution in [0.1, 0.15) is 13.8 Å². The van der Waals surface area contributed by atoms with Gasteiger partial charge in [0.1, 0.15) is 0 Å². The topological polar surface area (TPSA) is 89.5 Å². The normalized spacial score (nSPS) is 15.6. The van der Waals surface area contributed by atoms with Crippen LogP contribution in [0.2, 0.25) is 0 Å². The van der Waals surface area contributed by atoms with E-state index in [-0.39, 0.29) is 5.91 Å². The molecular weight excluding hydrogens is 348 g/mol. The number of carbonyl (C=O) groups is 1. The molecule has 1 saturated heterocycles. The molecule has 2 rings (SSSR count). The largest absolute Gasteiger partial charge is 0.379 e. The zero-order valence-electron chi connectivity index (χ0n) is 14.3. The summed E-state index contributed by atoms with van der Waals surface area (Å²) >= 11 is 2.91. The predicted molar refractivity (Wildman–Crippen MR) is 96.8 cm³/mol. The molecule has 0 saturated carbocycles. The molecule has 24 heavy (non-hydrogen) atoms. The lowest BCUT2D eigenvalue weighted by Crippen LogP contribution is -2.37. The molecule has 0 radical (unpaired) electrons. The Bertz CT molecular complexity index is 517. The monoisotopic (exact) mass is 374 g/mol. The van der Waals surface area contributed by atoms with Gasteiger partial charge in [-0.15, -0.1) is 10.2 Å². The van der Waals surface area contributed by atoms with Crippen molar-refractivity contribution in [1.29, 1.82) is 0 Å². The average Bonchev–Trinajstić information content (AvgIpc) is 2.95. The number of ether oxygens (including phenoxy) is 1. The van der Waals surface area contributed by atoms with E-state index in [4.69, 9.17) is 10.6 Å². The minimum atomic E-state index is 0.0921. The van der Waals surface area contributed by atoms with E-state index in [0.717, 1.165) is 38.6 Å².